The Labute approximate surface area is 121 Å². The minimum Gasteiger partial charge on any atom is -0.391 e. The van der Waals surface area contributed by atoms with Crippen LogP contribution in [0.3, 0.4) is 0 Å². The lowest BCUT2D eigenvalue weighted by molar-refractivity contribution is 0.111. The lowest BCUT2D eigenvalue weighted by atomic mass is 9.97. The lowest BCUT2D eigenvalue weighted by Gasteiger charge is -2.38. The van der Waals surface area contributed by atoms with Crippen molar-refractivity contribution in [3.8, 4) is 0 Å². The van der Waals surface area contributed by atoms with E-state index in [1.807, 2.05) is 0 Å². The molecule has 2 aliphatic rings. The summed E-state index contributed by atoms with van der Waals surface area (Å²) in [6.45, 7) is 6.55. The fraction of sp³-hybridized carbons (Fsp3) is 0.812. The van der Waals surface area contributed by atoms with Gasteiger partial charge in [-0.15, -0.1) is 0 Å². The van der Waals surface area contributed by atoms with E-state index in [0.717, 1.165) is 31.6 Å². The molecule has 2 unspecified atom stereocenters. The van der Waals surface area contributed by atoms with Crippen LogP contribution in [0.2, 0.25) is 0 Å². The number of hydrogen-bond donors (Lipinski definition) is 1. The molecule has 0 radical (unpaired) electrons. The minimum absolute atomic E-state index is 0.189. The van der Waals surface area contributed by atoms with Crippen molar-refractivity contribution in [2.75, 3.05) is 6.54 Å². The Kier molecular flexibility index (Phi) is 4.13. The van der Waals surface area contributed by atoms with Gasteiger partial charge in [-0.05, 0) is 39.7 Å². The molecule has 0 aliphatic carbocycles. The largest absolute Gasteiger partial charge is 0.391 e. The summed E-state index contributed by atoms with van der Waals surface area (Å²) in [5.41, 5.74) is 1.21. The molecule has 1 aromatic heterocycles. The minimum atomic E-state index is -0.189. The third kappa shape index (κ3) is 2.91. The van der Waals surface area contributed by atoms with Gasteiger partial charge in [0.25, 0.3) is 0 Å². The maximum Gasteiger partial charge on any atom is 0.109 e. The number of aromatic nitrogens is 2. The molecular formula is C16H27N3O. The highest BCUT2D eigenvalue weighted by Crippen LogP contribution is 2.23. The van der Waals surface area contributed by atoms with Crippen LogP contribution in [0.25, 0.3) is 0 Å². The molecule has 0 aromatic carbocycles. The van der Waals surface area contributed by atoms with Crippen molar-refractivity contribution in [1.29, 1.82) is 0 Å². The number of nitrogens with zero attached hydrogens (tertiary/aromatic N) is 3. The summed E-state index contributed by atoms with van der Waals surface area (Å²) in [5.74, 6) is 1.16. The van der Waals surface area contributed by atoms with Crippen molar-refractivity contribution in [2.24, 2.45) is 0 Å². The van der Waals surface area contributed by atoms with Crippen LogP contribution in [0.15, 0.2) is 6.20 Å². The highest BCUT2D eigenvalue weighted by atomic mass is 16.3. The molecule has 1 saturated heterocycles. The van der Waals surface area contributed by atoms with E-state index in [1.165, 1.54) is 31.5 Å². The van der Waals surface area contributed by atoms with Crippen molar-refractivity contribution < 1.29 is 5.11 Å². The highest BCUT2D eigenvalue weighted by molar-refractivity contribution is 5.09. The van der Waals surface area contributed by atoms with Crippen LogP contribution in [0.5, 0.6) is 0 Å². The summed E-state index contributed by atoms with van der Waals surface area (Å²) in [7, 11) is 0. The molecule has 3 rings (SSSR count). The first-order valence-electron chi connectivity index (χ1n) is 8.12. The molecular weight excluding hydrogens is 250 g/mol. The molecule has 0 spiro atoms. The predicted octanol–water partition coefficient (Wildman–Crippen LogP) is 2.00. The predicted molar refractivity (Wildman–Crippen MR) is 79.7 cm³/mol. The molecule has 4 heteroatoms. The van der Waals surface area contributed by atoms with Crippen molar-refractivity contribution in [3.63, 3.8) is 0 Å². The smallest absolute Gasteiger partial charge is 0.109 e. The van der Waals surface area contributed by atoms with Crippen LogP contribution in [-0.2, 0) is 19.4 Å². The Morgan fingerprint density at radius 1 is 1.35 bits per heavy atom. The Bertz CT molecular complexity index is 455. The molecule has 2 aliphatic heterocycles. The quantitative estimate of drug-likeness (QED) is 0.918. The molecule has 0 amide bonds. The van der Waals surface area contributed by atoms with E-state index in [2.05, 4.69) is 29.5 Å². The molecule has 3 heterocycles. The van der Waals surface area contributed by atoms with Gasteiger partial charge in [0.05, 0.1) is 11.8 Å². The van der Waals surface area contributed by atoms with Crippen LogP contribution in [0.1, 0.15) is 51.0 Å². The Morgan fingerprint density at radius 2 is 2.20 bits per heavy atom. The van der Waals surface area contributed by atoms with E-state index < -0.39 is 0 Å². The number of aliphatic hydroxyl groups excluding tert-OH is 1. The van der Waals surface area contributed by atoms with E-state index in [0.29, 0.717) is 12.1 Å². The van der Waals surface area contributed by atoms with Gasteiger partial charge in [-0.3, -0.25) is 4.90 Å². The van der Waals surface area contributed by atoms with Crippen molar-refractivity contribution >= 4 is 0 Å². The molecule has 1 N–H and O–H groups in total. The maximum atomic E-state index is 9.74. The number of aliphatic hydroxyl groups is 1. The summed E-state index contributed by atoms with van der Waals surface area (Å²) >= 11 is 0. The van der Waals surface area contributed by atoms with Gasteiger partial charge in [-0.1, -0.05) is 6.42 Å². The normalized spacial score (nSPS) is 27.8. The second-order valence-corrected chi connectivity index (χ2v) is 6.68. The number of rotatable bonds is 3. The van der Waals surface area contributed by atoms with Gasteiger partial charge >= 0.3 is 0 Å². The summed E-state index contributed by atoms with van der Waals surface area (Å²) in [6, 6.07) is 1.27. The molecule has 2 atom stereocenters. The van der Waals surface area contributed by atoms with Gasteiger partial charge in [0, 0.05) is 37.7 Å². The molecule has 112 valence electrons. The number of aryl methyl sites for hydroxylation is 1. The first kappa shape index (κ1) is 14.1. The fourth-order valence-corrected chi connectivity index (χ4v) is 3.75. The first-order chi connectivity index (χ1) is 9.63. The summed E-state index contributed by atoms with van der Waals surface area (Å²) < 4.78 is 2.16. The third-order valence-corrected chi connectivity index (χ3v) is 4.80. The van der Waals surface area contributed by atoms with Gasteiger partial charge in [0.2, 0.25) is 0 Å². The summed E-state index contributed by atoms with van der Waals surface area (Å²) in [5, 5.41) is 9.74. The van der Waals surface area contributed by atoms with Crippen molar-refractivity contribution in [3.05, 3.63) is 17.7 Å². The van der Waals surface area contributed by atoms with E-state index in [9.17, 15) is 5.11 Å². The molecule has 0 saturated carbocycles. The molecule has 1 aromatic rings. The fourth-order valence-electron chi connectivity index (χ4n) is 3.75. The van der Waals surface area contributed by atoms with Gasteiger partial charge in [-0.2, -0.15) is 0 Å². The lowest BCUT2D eigenvalue weighted by Crippen LogP contribution is -2.45. The van der Waals surface area contributed by atoms with Crippen LogP contribution in [-0.4, -0.2) is 44.3 Å². The highest BCUT2D eigenvalue weighted by Gasteiger charge is 2.26. The summed E-state index contributed by atoms with van der Waals surface area (Å²) in [6.07, 6.45) is 8.80. The zero-order valence-electron chi connectivity index (χ0n) is 12.8. The van der Waals surface area contributed by atoms with Gasteiger partial charge in [0.1, 0.15) is 5.82 Å². The second-order valence-electron chi connectivity index (χ2n) is 6.68. The number of fused-ring (bicyclic) bond motifs is 1. The zero-order chi connectivity index (χ0) is 14.1. The van der Waals surface area contributed by atoms with E-state index >= 15 is 0 Å². The first-order valence-corrected chi connectivity index (χ1v) is 8.12. The average Bonchev–Trinajstić information content (AvgIpc) is 2.80. The van der Waals surface area contributed by atoms with Crippen LogP contribution in [0, 0.1) is 0 Å². The topological polar surface area (TPSA) is 41.3 Å². The Balaban J connectivity index is 1.70. The van der Waals surface area contributed by atoms with Gasteiger partial charge in [-0.25, -0.2) is 4.98 Å². The molecule has 1 fully saturated rings. The van der Waals surface area contributed by atoms with E-state index in [-0.39, 0.29) is 6.10 Å². The number of likely N-dealkylation sites (tertiary alicyclic amines) is 1. The average molecular weight is 277 g/mol. The van der Waals surface area contributed by atoms with Crippen LogP contribution in [0.4, 0.5) is 0 Å². The van der Waals surface area contributed by atoms with Gasteiger partial charge < -0.3 is 9.67 Å². The Morgan fingerprint density at radius 3 is 3.00 bits per heavy atom. The third-order valence-electron chi connectivity index (χ3n) is 4.80. The number of piperidine rings is 1. The standard InChI is InChI=1S/C16H27N3O/c1-12(2)19-8-4-3-5-14(19)9-13-10-18-11-15(20)6-7-16(18)17-13/h10,12,14-15,20H,3-9,11H2,1-2H3. The van der Waals surface area contributed by atoms with E-state index in [4.69, 9.17) is 4.98 Å². The SMILES string of the molecule is CC(C)N1CCCCC1Cc1cn2c(n1)CCC(O)C2. The van der Waals surface area contributed by atoms with E-state index in [1.54, 1.807) is 0 Å². The van der Waals surface area contributed by atoms with Crippen molar-refractivity contribution in [2.45, 2.75) is 77.1 Å². The second kappa shape index (κ2) is 5.86. The molecule has 4 nitrogen and oxygen atoms in total. The number of imidazole rings is 1. The van der Waals surface area contributed by atoms with Gasteiger partial charge in [0.15, 0.2) is 0 Å². The maximum absolute atomic E-state index is 9.74. The van der Waals surface area contributed by atoms with Crippen LogP contribution >= 0.6 is 0 Å². The monoisotopic (exact) mass is 277 g/mol. The van der Waals surface area contributed by atoms with Crippen LogP contribution < -0.4 is 0 Å². The summed E-state index contributed by atoms with van der Waals surface area (Å²) in [4.78, 5) is 7.43. The van der Waals surface area contributed by atoms with Crippen molar-refractivity contribution in [1.82, 2.24) is 14.5 Å². The zero-order valence-corrected chi connectivity index (χ0v) is 12.8. The Hall–Kier alpha value is -0.870. The molecule has 20 heavy (non-hydrogen) atoms. The number of hydrogen-bond acceptors (Lipinski definition) is 3. The molecule has 0 bridgehead atoms.